The second-order valence-electron chi connectivity index (χ2n) is 7.99. The van der Waals surface area contributed by atoms with Gasteiger partial charge < -0.3 is 20.4 Å². The van der Waals surface area contributed by atoms with Crippen molar-refractivity contribution in [3.05, 3.63) is 72.6 Å². The first-order valence-corrected chi connectivity index (χ1v) is 10.7. The van der Waals surface area contributed by atoms with E-state index in [1.807, 2.05) is 36.4 Å². The van der Waals surface area contributed by atoms with E-state index in [1.54, 1.807) is 24.5 Å². The number of rotatable bonds is 5. The van der Waals surface area contributed by atoms with E-state index in [0.717, 1.165) is 54.1 Å². The first-order valence-electron chi connectivity index (χ1n) is 10.7. The molecular weight excluding hydrogens is 402 g/mol. The van der Waals surface area contributed by atoms with Crippen LogP contribution in [0.4, 0.5) is 22.9 Å². The third-order valence-corrected chi connectivity index (χ3v) is 5.73. The molecule has 1 aliphatic rings. The molecule has 0 unspecified atom stereocenters. The number of carbonyl (C=O) groups excluding carboxylic acids is 1. The summed E-state index contributed by atoms with van der Waals surface area (Å²) in [6.07, 6.45) is 3.44. The van der Waals surface area contributed by atoms with Gasteiger partial charge in [-0.1, -0.05) is 6.07 Å². The third kappa shape index (κ3) is 4.26. The summed E-state index contributed by atoms with van der Waals surface area (Å²) in [7, 11) is 2.14. The van der Waals surface area contributed by atoms with Gasteiger partial charge in [-0.05, 0) is 55.6 Å². The molecule has 3 heterocycles. The molecule has 162 valence electrons. The number of hydrogen-bond acceptors (Lipinski definition) is 6. The Hall–Kier alpha value is -3.91. The van der Waals surface area contributed by atoms with Gasteiger partial charge in [0.15, 0.2) is 0 Å². The molecule has 0 saturated carbocycles. The molecule has 4 aromatic rings. The Bertz CT molecular complexity index is 1240. The van der Waals surface area contributed by atoms with E-state index in [4.69, 9.17) is 0 Å². The van der Waals surface area contributed by atoms with Crippen molar-refractivity contribution in [1.82, 2.24) is 20.1 Å². The van der Waals surface area contributed by atoms with Gasteiger partial charge in [-0.25, -0.2) is 4.98 Å². The molecule has 1 amide bonds. The van der Waals surface area contributed by atoms with Gasteiger partial charge in [-0.3, -0.25) is 9.89 Å². The number of likely N-dealkylation sites (N-methyl/N-ethyl adjacent to an activating group) is 1. The predicted molar refractivity (Wildman–Crippen MR) is 128 cm³/mol. The second kappa shape index (κ2) is 8.68. The Morgan fingerprint density at radius 2 is 1.88 bits per heavy atom. The van der Waals surface area contributed by atoms with Gasteiger partial charge >= 0.3 is 0 Å². The largest absolute Gasteiger partial charge is 0.369 e. The lowest BCUT2D eigenvalue weighted by Crippen LogP contribution is -2.44. The molecule has 2 aromatic heterocycles. The number of nitrogens with zero attached hydrogens (tertiary/aromatic N) is 4. The van der Waals surface area contributed by atoms with E-state index in [0.29, 0.717) is 11.4 Å². The maximum absolute atomic E-state index is 13.1. The van der Waals surface area contributed by atoms with Gasteiger partial charge in [0.2, 0.25) is 0 Å². The number of aromatic nitrogens is 3. The maximum Gasteiger partial charge on any atom is 0.259 e. The predicted octanol–water partition coefficient (Wildman–Crippen LogP) is 3.71. The number of benzene rings is 2. The van der Waals surface area contributed by atoms with Crippen LogP contribution in [-0.2, 0) is 0 Å². The van der Waals surface area contributed by atoms with Crippen LogP contribution in [0.15, 0.2) is 67.0 Å². The lowest BCUT2D eigenvalue weighted by Gasteiger charge is -2.34. The van der Waals surface area contributed by atoms with E-state index in [2.05, 4.69) is 48.7 Å². The normalized spacial score (nSPS) is 14.5. The van der Waals surface area contributed by atoms with Crippen LogP contribution in [0.5, 0.6) is 0 Å². The number of hydrogen-bond donors (Lipinski definition) is 3. The van der Waals surface area contributed by atoms with Crippen molar-refractivity contribution < 1.29 is 4.79 Å². The topological polar surface area (TPSA) is 89.2 Å². The summed E-state index contributed by atoms with van der Waals surface area (Å²) in [4.78, 5) is 22.2. The zero-order valence-corrected chi connectivity index (χ0v) is 17.9. The monoisotopic (exact) mass is 427 g/mol. The van der Waals surface area contributed by atoms with Crippen LogP contribution in [0, 0.1) is 0 Å². The second-order valence-corrected chi connectivity index (χ2v) is 7.99. The van der Waals surface area contributed by atoms with Gasteiger partial charge in [0.05, 0.1) is 17.3 Å². The highest BCUT2D eigenvalue weighted by atomic mass is 16.1. The standard InChI is InChI=1S/C24H25N7O/c1-30-10-12-31(13-11-30)20-5-2-4-18(14-20)28-24(32)21-6-3-9-25-23(21)27-19-8-7-17-16-26-29-22(17)15-19/h2-9,14-16H,10-13H2,1H3,(H,25,27)(H,26,29)(H,28,32). The van der Waals surface area contributed by atoms with E-state index in [9.17, 15) is 4.79 Å². The van der Waals surface area contributed by atoms with Crippen LogP contribution in [0.25, 0.3) is 10.9 Å². The molecule has 1 aliphatic heterocycles. The fraction of sp³-hybridized carbons (Fsp3) is 0.208. The summed E-state index contributed by atoms with van der Waals surface area (Å²) < 4.78 is 0. The Labute approximate surface area is 186 Å². The minimum atomic E-state index is -0.209. The average Bonchev–Trinajstić information content (AvgIpc) is 3.28. The number of piperazine rings is 1. The molecular formula is C24H25N7O. The fourth-order valence-corrected chi connectivity index (χ4v) is 3.88. The van der Waals surface area contributed by atoms with Crippen molar-refractivity contribution in [3.8, 4) is 0 Å². The molecule has 0 spiro atoms. The highest BCUT2D eigenvalue weighted by Gasteiger charge is 2.16. The Morgan fingerprint density at radius 3 is 2.75 bits per heavy atom. The summed E-state index contributed by atoms with van der Waals surface area (Å²) in [6.45, 7) is 4.02. The molecule has 8 heteroatoms. The summed E-state index contributed by atoms with van der Waals surface area (Å²) in [5, 5.41) is 14.3. The molecule has 5 rings (SSSR count). The van der Waals surface area contributed by atoms with Crippen molar-refractivity contribution >= 4 is 39.7 Å². The molecule has 2 aromatic carbocycles. The number of nitrogens with one attached hydrogen (secondary N) is 3. The minimum Gasteiger partial charge on any atom is -0.369 e. The van der Waals surface area contributed by atoms with E-state index in [-0.39, 0.29) is 5.91 Å². The first-order chi connectivity index (χ1) is 15.7. The summed E-state index contributed by atoms with van der Waals surface area (Å²) in [5.41, 5.74) is 4.10. The number of aromatic amines is 1. The van der Waals surface area contributed by atoms with Gasteiger partial charge in [0.25, 0.3) is 5.91 Å². The van der Waals surface area contributed by atoms with E-state index in [1.165, 1.54) is 0 Å². The Balaban J connectivity index is 1.33. The molecule has 1 fully saturated rings. The van der Waals surface area contributed by atoms with Crippen molar-refractivity contribution in [2.45, 2.75) is 0 Å². The quantitative estimate of drug-likeness (QED) is 0.450. The van der Waals surface area contributed by atoms with Crippen LogP contribution in [0.1, 0.15) is 10.4 Å². The van der Waals surface area contributed by atoms with Crippen LogP contribution in [0.2, 0.25) is 0 Å². The number of carbonyl (C=O) groups is 1. The molecule has 0 atom stereocenters. The Kier molecular flexibility index (Phi) is 5.43. The van der Waals surface area contributed by atoms with Crippen LogP contribution in [0.3, 0.4) is 0 Å². The lowest BCUT2D eigenvalue weighted by atomic mass is 10.2. The number of fused-ring (bicyclic) bond motifs is 1. The van der Waals surface area contributed by atoms with Crippen molar-refractivity contribution in [1.29, 1.82) is 0 Å². The molecule has 0 bridgehead atoms. The zero-order chi connectivity index (χ0) is 21.9. The number of amides is 1. The van der Waals surface area contributed by atoms with Gasteiger partial charge in [-0.15, -0.1) is 0 Å². The summed E-state index contributed by atoms with van der Waals surface area (Å²) in [5.74, 6) is 0.290. The Morgan fingerprint density at radius 1 is 1.00 bits per heavy atom. The summed E-state index contributed by atoms with van der Waals surface area (Å²) in [6, 6.07) is 17.4. The molecule has 0 radical (unpaired) electrons. The van der Waals surface area contributed by atoms with Crippen molar-refractivity contribution in [3.63, 3.8) is 0 Å². The maximum atomic E-state index is 13.1. The molecule has 0 aliphatic carbocycles. The highest BCUT2D eigenvalue weighted by molar-refractivity contribution is 6.08. The van der Waals surface area contributed by atoms with E-state index < -0.39 is 0 Å². The lowest BCUT2D eigenvalue weighted by molar-refractivity contribution is 0.102. The first kappa shape index (κ1) is 20.0. The van der Waals surface area contributed by atoms with Gasteiger partial charge in [0, 0.05) is 54.8 Å². The molecule has 3 N–H and O–H groups in total. The molecule has 1 saturated heterocycles. The molecule has 32 heavy (non-hydrogen) atoms. The highest BCUT2D eigenvalue weighted by Crippen LogP contribution is 2.24. The smallest absolute Gasteiger partial charge is 0.259 e. The average molecular weight is 428 g/mol. The number of pyridine rings is 1. The fourth-order valence-electron chi connectivity index (χ4n) is 3.88. The third-order valence-electron chi connectivity index (χ3n) is 5.73. The van der Waals surface area contributed by atoms with Crippen LogP contribution >= 0.6 is 0 Å². The van der Waals surface area contributed by atoms with Gasteiger partial charge in [-0.2, -0.15) is 5.10 Å². The number of H-pyrrole nitrogens is 1. The van der Waals surface area contributed by atoms with Gasteiger partial charge in [0.1, 0.15) is 5.82 Å². The number of anilines is 4. The van der Waals surface area contributed by atoms with Crippen molar-refractivity contribution in [2.75, 3.05) is 48.8 Å². The zero-order valence-electron chi connectivity index (χ0n) is 17.9. The van der Waals surface area contributed by atoms with E-state index >= 15 is 0 Å². The SMILES string of the molecule is CN1CCN(c2cccc(NC(=O)c3cccnc3Nc3ccc4cn[nH]c4c3)c2)CC1. The van der Waals surface area contributed by atoms with Crippen molar-refractivity contribution in [2.24, 2.45) is 0 Å². The molecule has 8 nitrogen and oxygen atoms in total. The minimum absolute atomic E-state index is 0.209. The van der Waals surface area contributed by atoms with Crippen LogP contribution < -0.4 is 15.5 Å². The van der Waals surface area contributed by atoms with Crippen LogP contribution in [-0.4, -0.2) is 59.2 Å². The summed E-state index contributed by atoms with van der Waals surface area (Å²) >= 11 is 0.